The fourth-order valence-electron chi connectivity index (χ4n) is 3.92. The second-order valence-corrected chi connectivity index (χ2v) is 8.23. The highest BCUT2D eigenvalue weighted by Crippen LogP contribution is 2.32. The van der Waals surface area contributed by atoms with E-state index in [9.17, 15) is 9.59 Å². The van der Waals surface area contributed by atoms with Crippen molar-refractivity contribution in [2.45, 2.75) is 40.3 Å². The first kappa shape index (κ1) is 18.5. The Labute approximate surface area is 163 Å². The highest BCUT2D eigenvalue weighted by molar-refractivity contribution is 5.77. The van der Waals surface area contributed by atoms with Crippen molar-refractivity contribution in [3.05, 3.63) is 51.2 Å². The highest BCUT2D eigenvalue weighted by Gasteiger charge is 2.29. The number of fused-ring (bicyclic) bond motifs is 3. The Bertz CT molecular complexity index is 1120. The van der Waals surface area contributed by atoms with Crippen molar-refractivity contribution >= 4 is 22.8 Å². The summed E-state index contributed by atoms with van der Waals surface area (Å²) in [5, 5.41) is 0. The molecule has 7 nitrogen and oxygen atoms in total. The molecule has 0 radical (unpaired) electrons. The van der Waals surface area contributed by atoms with E-state index in [2.05, 4.69) is 25.7 Å². The second kappa shape index (κ2) is 6.96. The molecule has 0 saturated heterocycles. The molecule has 2 aromatic heterocycles. The first-order valence-corrected chi connectivity index (χ1v) is 9.91. The topological polar surface area (TPSA) is 65.1 Å². The number of aryl methyl sites for hydroxylation is 1. The molecule has 3 heterocycles. The van der Waals surface area contributed by atoms with Gasteiger partial charge in [0.25, 0.3) is 5.56 Å². The summed E-state index contributed by atoms with van der Waals surface area (Å²) in [6.07, 6.45) is 0.786. The van der Waals surface area contributed by atoms with E-state index in [4.69, 9.17) is 4.98 Å². The molecule has 0 saturated carbocycles. The van der Waals surface area contributed by atoms with E-state index >= 15 is 0 Å². The summed E-state index contributed by atoms with van der Waals surface area (Å²) in [6.45, 7) is 8.32. The molecule has 148 valence electrons. The number of rotatable bonds is 4. The Morgan fingerprint density at radius 1 is 1.14 bits per heavy atom. The van der Waals surface area contributed by atoms with Crippen molar-refractivity contribution in [3.8, 4) is 0 Å². The average Bonchev–Trinajstić information content (AvgIpc) is 3.05. The first-order chi connectivity index (χ1) is 13.4. The predicted octanol–water partition coefficient (Wildman–Crippen LogP) is 2.73. The molecule has 1 aliphatic heterocycles. The zero-order valence-electron chi connectivity index (χ0n) is 16.9. The molecule has 1 aliphatic rings. The largest absolute Gasteiger partial charge is 0.332 e. The summed E-state index contributed by atoms with van der Waals surface area (Å²) in [5.74, 6) is 1.50. The number of hydrogen-bond acceptors (Lipinski definition) is 4. The Hall–Kier alpha value is -2.83. The lowest BCUT2D eigenvalue weighted by atomic mass is 10.1. The lowest BCUT2D eigenvalue weighted by Gasteiger charge is -2.32. The van der Waals surface area contributed by atoms with Gasteiger partial charge in [0.2, 0.25) is 5.95 Å². The third kappa shape index (κ3) is 2.95. The van der Waals surface area contributed by atoms with Crippen LogP contribution in [-0.2, 0) is 20.1 Å². The summed E-state index contributed by atoms with van der Waals surface area (Å²) < 4.78 is 4.86. The minimum atomic E-state index is -0.298. The number of anilines is 2. The number of benzene rings is 1. The van der Waals surface area contributed by atoms with E-state index < -0.39 is 0 Å². The Morgan fingerprint density at radius 2 is 1.86 bits per heavy atom. The number of para-hydroxylation sites is 1. The van der Waals surface area contributed by atoms with Gasteiger partial charge in [0.05, 0.1) is 0 Å². The van der Waals surface area contributed by atoms with Crippen LogP contribution >= 0.6 is 0 Å². The molecule has 1 aromatic carbocycles. The first-order valence-electron chi connectivity index (χ1n) is 9.91. The zero-order valence-corrected chi connectivity index (χ0v) is 16.9. The smallest absolute Gasteiger partial charge is 0.312 e. The molecule has 0 fully saturated rings. The van der Waals surface area contributed by atoms with Crippen LogP contribution in [-0.4, -0.2) is 25.2 Å². The number of hydrogen-bond donors (Lipinski definition) is 0. The van der Waals surface area contributed by atoms with Crippen molar-refractivity contribution in [1.29, 1.82) is 0 Å². The van der Waals surface area contributed by atoms with Gasteiger partial charge in [-0.2, -0.15) is 4.98 Å². The highest BCUT2D eigenvalue weighted by atomic mass is 16.2. The molecule has 4 rings (SSSR count). The van der Waals surface area contributed by atoms with Crippen LogP contribution in [0.15, 0.2) is 39.9 Å². The van der Waals surface area contributed by atoms with E-state index in [1.54, 1.807) is 7.05 Å². The SMILES string of the molecule is CC(C)CCn1c(=O)c2c(nc3n2C[C@@H](C)CN3c2ccccc2)n(C)c1=O. The van der Waals surface area contributed by atoms with Gasteiger partial charge in [0, 0.05) is 32.4 Å². The normalized spacial score (nSPS) is 16.8. The maximum Gasteiger partial charge on any atom is 0.332 e. The maximum absolute atomic E-state index is 13.3. The van der Waals surface area contributed by atoms with Crippen LogP contribution in [0.2, 0.25) is 0 Å². The van der Waals surface area contributed by atoms with E-state index in [1.807, 2.05) is 34.9 Å². The molecule has 0 unspecified atom stereocenters. The van der Waals surface area contributed by atoms with Crippen LogP contribution in [0.4, 0.5) is 11.6 Å². The monoisotopic (exact) mass is 381 g/mol. The van der Waals surface area contributed by atoms with Crippen LogP contribution in [0.25, 0.3) is 11.2 Å². The van der Waals surface area contributed by atoms with Gasteiger partial charge >= 0.3 is 5.69 Å². The molecule has 0 aliphatic carbocycles. The van der Waals surface area contributed by atoms with E-state index in [1.165, 1.54) is 9.13 Å². The predicted molar refractivity (Wildman–Crippen MR) is 111 cm³/mol. The van der Waals surface area contributed by atoms with Gasteiger partial charge in [-0.05, 0) is 30.4 Å². The lowest BCUT2D eigenvalue weighted by Crippen LogP contribution is -2.40. The van der Waals surface area contributed by atoms with Crippen molar-refractivity contribution in [3.63, 3.8) is 0 Å². The van der Waals surface area contributed by atoms with Crippen molar-refractivity contribution in [1.82, 2.24) is 18.7 Å². The third-order valence-electron chi connectivity index (χ3n) is 5.44. The van der Waals surface area contributed by atoms with Crippen LogP contribution < -0.4 is 16.1 Å². The molecular weight excluding hydrogens is 354 g/mol. The van der Waals surface area contributed by atoms with Gasteiger partial charge in [-0.1, -0.05) is 39.0 Å². The molecule has 0 amide bonds. The van der Waals surface area contributed by atoms with Gasteiger partial charge in [0.1, 0.15) is 0 Å². The summed E-state index contributed by atoms with van der Waals surface area (Å²) in [7, 11) is 1.70. The van der Waals surface area contributed by atoms with E-state index in [0.717, 1.165) is 24.6 Å². The molecule has 3 aromatic rings. The number of imidazole rings is 1. The quantitative estimate of drug-likeness (QED) is 0.697. The maximum atomic E-state index is 13.3. The molecule has 0 spiro atoms. The third-order valence-corrected chi connectivity index (χ3v) is 5.44. The van der Waals surface area contributed by atoms with Gasteiger partial charge in [-0.25, -0.2) is 4.79 Å². The summed E-state index contributed by atoms with van der Waals surface area (Å²) in [5.41, 5.74) is 1.48. The van der Waals surface area contributed by atoms with Crippen LogP contribution in [0.5, 0.6) is 0 Å². The standard InChI is InChI=1S/C21H27N5O2/c1-14(2)10-11-24-19(27)17-18(23(4)21(24)28)22-20-25(12-15(3)13-26(17)20)16-8-6-5-7-9-16/h5-9,14-15H,10-13H2,1-4H3/t15-/m0/s1. The van der Waals surface area contributed by atoms with Gasteiger partial charge in [-0.15, -0.1) is 0 Å². The van der Waals surface area contributed by atoms with Crippen LogP contribution in [0.1, 0.15) is 27.2 Å². The van der Waals surface area contributed by atoms with Crippen LogP contribution in [0.3, 0.4) is 0 Å². The Kier molecular flexibility index (Phi) is 4.61. The van der Waals surface area contributed by atoms with Gasteiger partial charge < -0.3 is 9.47 Å². The van der Waals surface area contributed by atoms with Crippen molar-refractivity contribution in [2.75, 3.05) is 11.4 Å². The minimum absolute atomic E-state index is 0.236. The Balaban J connectivity index is 1.95. The summed E-state index contributed by atoms with van der Waals surface area (Å²) in [6, 6.07) is 10.1. The van der Waals surface area contributed by atoms with Crippen molar-refractivity contribution in [2.24, 2.45) is 18.9 Å². The van der Waals surface area contributed by atoms with E-state index in [-0.39, 0.29) is 11.2 Å². The molecule has 0 N–H and O–H groups in total. The molecule has 1 atom stereocenters. The molecule has 0 bridgehead atoms. The molecule has 7 heteroatoms. The van der Waals surface area contributed by atoms with Gasteiger partial charge in [-0.3, -0.25) is 13.9 Å². The zero-order chi connectivity index (χ0) is 20.0. The second-order valence-electron chi connectivity index (χ2n) is 8.23. The lowest BCUT2D eigenvalue weighted by molar-refractivity contribution is 0.455. The number of aromatic nitrogens is 4. The fraction of sp³-hybridized carbons (Fsp3) is 0.476. The average molecular weight is 381 g/mol. The number of nitrogens with zero attached hydrogens (tertiary/aromatic N) is 5. The van der Waals surface area contributed by atoms with Crippen molar-refractivity contribution < 1.29 is 0 Å². The van der Waals surface area contributed by atoms with Gasteiger partial charge in [0.15, 0.2) is 11.2 Å². The molecular formula is C21H27N5O2. The Morgan fingerprint density at radius 3 is 2.54 bits per heavy atom. The minimum Gasteiger partial charge on any atom is -0.312 e. The fourth-order valence-corrected chi connectivity index (χ4v) is 3.92. The van der Waals surface area contributed by atoms with Crippen LogP contribution in [0, 0.1) is 11.8 Å². The molecule has 28 heavy (non-hydrogen) atoms. The van der Waals surface area contributed by atoms with E-state index in [0.29, 0.717) is 36.1 Å². The summed E-state index contributed by atoms with van der Waals surface area (Å²) >= 11 is 0. The summed E-state index contributed by atoms with van der Waals surface area (Å²) in [4.78, 5) is 33.0.